The van der Waals surface area contributed by atoms with Gasteiger partial charge >= 0.3 is 0 Å². The van der Waals surface area contributed by atoms with Crippen LogP contribution in [0.5, 0.6) is 0 Å². The van der Waals surface area contributed by atoms with E-state index in [2.05, 4.69) is 33.8 Å². The van der Waals surface area contributed by atoms with E-state index < -0.39 is 0 Å². The molecule has 0 aromatic carbocycles. The van der Waals surface area contributed by atoms with Gasteiger partial charge < -0.3 is 4.98 Å². The number of aliphatic imine (C=N–C) groups is 2. The SMILES string of the molecule is CCC1(C)C=Nc2nc[nH]c2C=N1. The summed E-state index contributed by atoms with van der Waals surface area (Å²) in [5.41, 5.74) is 0.704. The van der Waals surface area contributed by atoms with E-state index in [0.717, 1.165) is 17.9 Å². The van der Waals surface area contributed by atoms with Gasteiger partial charge in [0.2, 0.25) is 0 Å². The van der Waals surface area contributed by atoms with Gasteiger partial charge in [0.1, 0.15) is 5.69 Å². The fourth-order valence-electron chi connectivity index (χ4n) is 1.12. The van der Waals surface area contributed by atoms with Crippen LogP contribution in [0.2, 0.25) is 0 Å². The first-order valence-corrected chi connectivity index (χ1v) is 4.37. The average molecular weight is 176 g/mol. The molecule has 0 aliphatic carbocycles. The van der Waals surface area contributed by atoms with E-state index in [1.165, 1.54) is 0 Å². The highest BCUT2D eigenvalue weighted by Gasteiger charge is 2.19. The molecule has 2 rings (SSSR count). The van der Waals surface area contributed by atoms with Crippen LogP contribution in [0.15, 0.2) is 16.3 Å². The number of hydrogen-bond donors (Lipinski definition) is 1. The fourth-order valence-corrected chi connectivity index (χ4v) is 1.12. The van der Waals surface area contributed by atoms with Crippen molar-refractivity contribution in [2.24, 2.45) is 9.98 Å². The summed E-state index contributed by atoms with van der Waals surface area (Å²) in [6.45, 7) is 4.15. The average Bonchev–Trinajstić information content (AvgIpc) is 2.54. The van der Waals surface area contributed by atoms with Crippen molar-refractivity contribution in [3.63, 3.8) is 0 Å². The largest absolute Gasteiger partial charge is 0.342 e. The molecule has 0 spiro atoms. The van der Waals surface area contributed by atoms with E-state index in [4.69, 9.17) is 0 Å². The maximum Gasteiger partial charge on any atom is 0.178 e. The van der Waals surface area contributed by atoms with Crippen LogP contribution in [-0.2, 0) is 0 Å². The number of H-pyrrole nitrogens is 1. The lowest BCUT2D eigenvalue weighted by Crippen LogP contribution is -2.21. The van der Waals surface area contributed by atoms with E-state index in [9.17, 15) is 0 Å². The lowest BCUT2D eigenvalue weighted by atomic mass is 10.0. The number of imidazole rings is 1. The molecule has 1 aromatic heterocycles. The maximum absolute atomic E-state index is 4.44. The summed E-state index contributed by atoms with van der Waals surface area (Å²) in [6.07, 6.45) is 6.23. The first-order chi connectivity index (χ1) is 6.23. The third kappa shape index (κ3) is 1.39. The molecule has 0 bridgehead atoms. The topological polar surface area (TPSA) is 53.4 Å². The van der Waals surface area contributed by atoms with Crippen LogP contribution in [0.1, 0.15) is 26.0 Å². The molecule has 1 atom stereocenters. The quantitative estimate of drug-likeness (QED) is 0.695. The monoisotopic (exact) mass is 176 g/mol. The molecule has 13 heavy (non-hydrogen) atoms. The Bertz CT molecular complexity index is 333. The van der Waals surface area contributed by atoms with Crippen molar-refractivity contribution in [3.05, 3.63) is 12.0 Å². The highest BCUT2D eigenvalue weighted by atomic mass is 15.0. The van der Waals surface area contributed by atoms with Crippen LogP contribution < -0.4 is 0 Å². The van der Waals surface area contributed by atoms with Crippen molar-refractivity contribution < 1.29 is 0 Å². The highest BCUT2D eigenvalue weighted by molar-refractivity contribution is 5.89. The summed E-state index contributed by atoms with van der Waals surface area (Å²) in [5, 5.41) is 0. The van der Waals surface area contributed by atoms with Gasteiger partial charge in [-0.2, -0.15) is 0 Å². The number of nitrogens with zero attached hydrogens (tertiary/aromatic N) is 3. The van der Waals surface area contributed by atoms with Crippen molar-refractivity contribution in [1.29, 1.82) is 0 Å². The van der Waals surface area contributed by atoms with E-state index >= 15 is 0 Å². The first-order valence-electron chi connectivity index (χ1n) is 4.37. The summed E-state index contributed by atoms with van der Waals surface area (Å²) < 4.78 is 0. The van der Waals surface area contributed by atoms with Crippen LogP contribution in [0.25, 0.3) is 0 Å². The molecular weight excluding hydrogens is 164 g/mol. The van der Waals surface area contributed by atoms with E-state index in [-0.39, 0.29) is 5.54 Å². The van der Waals surface area contributed by atoms with Gasteiger partial charge in [0.25, 0.3) is 0 Å². The summed E-state index contributed by atoms with van der Waals surface area (Å²) in [5.74, 6) is 0.723. The molecule has 1 N–H and O–H groups in total. The minimum atomic E-state index is -0.179. The van der Waals surface area contributed by atoms with Gasteiger partial charge in [-0.05, 0) is 13.3 Å². The number of aromatic nitrogens is 2. The summed E-state index contributed by atoms with van der Waals surface area (Å²) in [7, 11) is 0. The molecule has 1 aromatic rings. The van der Waals surface area contributed by atoms with Crippen LogP contribution in [0, 0.1) is 0 Å². The van der Waals surface area contributed by atoms with Gasteiger partial charge in [0, 0.05) is 12.4 Å². The predicted molar refractivity (Wildman–Crippen MR) is 53.0 cm³/mol. The van der Waals surface area contributed by atoms with Crippen LogP contribution in [-0.4, -0.2) is 27.9 Å². The Labute approximate surface area is 76.8 Å². The van der Waals surface area contributed by atoms with Gasteiger partial charge in [0.15, 0.2) is 5.82 Å². The van der Waals surface area contributed by atoms with Gasteiger partial charge in [-0.1, -0.05) is 6.92 Å². The van der Waals surface area contributed by atoms with Crippen LogP contribution >= 0.6 is 0 Å². The molecule has 0 saturated carbocycles. The van der Waals surface area contributed by atoms with E-state index in [1.807, 2.05) is 6.21 Å². The van der Waals surface area contributed by atoms with Crippen molar-refractivity contribution in [3.8, 4) is 0 Å². The molecular formula is C9H12N4. The molecule has 1 unspecified atom stereocenters. The van der Waals surface area contributed by atoms with Crippen molar-refractivity contribution in [2.45, 2.75) is 25.8 Å². The fraction of sp³-hybridized carbons (Fsp3) is 0.444. The molecule has 0 fully saturated rings. The zero-order valence-corrected chi connectivity index (χ0v) is 7.78. The van der Waals surface area contributed by atoms with Gasteiger partial charge in [-0.15, -0.1) is 0 Å². The lowest BCUT2D eigenvalue weighted by Gasteiger charge is -2.15. The standard InChI is InChI=1S/C9H12N4/c1-3-9(2)5-10-8-7(4-13-9)11-6-12-8/h4-6H,3H2,1-2H3,(H,11,12). The summed E-state index contributed by atoms with van der Waals surface area (Å²) in [4.78, 5) is 15.8. The van der Waals surface area contributed by atoms with Gasteiger partial charge in [-0.3, -0.25) is 4.99 Å². The lowest BCUT2D eigenvalue weighted by molar-refractivity contribution is 0.621. The second kappa shape index (κ2) is 2.80. The molecule has 1 aliphatic heterocycles. The highest BCUT2D eigenvalue weighted by Crippen LogP contribution is 2.20. The molecule has 2 heterocycles. The smallest absolute Gasteiger partial charge is 0.178 e. The zero-order chi connectivity index (χ0) is 9.31. The van der Waals surface area contributed by atoms with Crippen LogP contribution in [0.4, 0.5) is 5.82 Å². The Morgan fingerprint density at radius 2 is 2.38 bits per heavy atom. The third-order valence-corrected chi connectivity index (χ3v) is 2.32. The number of rotatable bonds is 1. The molecule has 4 nitrogen and oxygen atoms in total. The number of aromatic amines is 1. The minimum absolute atomic E-state index is 0.179. The van der Waals surface area contributed by atoms with E-state index in [0.29, 0.717) is 0 Å². The third-order valence-electron chi connectivity index (χ3n) is 2.32. The Balaban J connectivity index is 2.43. The number of hydrogen-bond acceptors (Lipinski definition) is 3. The zero-order valence-electron chi connectivity index (χ0n) is 7.78. The summed E-state index contributed by atoms with van der Waals surface area (Å²) in [6, 6.07) is 0. The molecule has 1 aliphatic rings. The Morgan fingerprint density at radius 1 is 1.54 bits per heavy atom. The molecule has 0 radical (unpaired) electrons. The minimum Gasteiger partial charge on any atom is -0.342 e. The van der Waals surface area contributed by atoms with Crippen LogP contribution in [0.3, 0.4) is 0 Å². The molecule has 0 amide bonds. The number of fused-ring (bicyclic) bond motifs is 1. The van der Waals surface area contributed by atoms with E-state index in [1.54, 1.807) is 12.5 Å². The predicted octanol–water partition coefficient (Wildman–Crippen LogP) is 1.71. The maximum atomic E-state index is 4.44. The Morgan fingerprint density at radius 3 is 3.15 bits per heavy atom. The second-order valence-corrected chi connectivity index (χ2v) is 3.37. The van der Waals surface area contributed by atoms with Crippen molar-refractivity contribution >= 4 is 18.2 Å². The molecule has 0 saturated heterocycles. The normalized spacial score (nSPS) is 25.7. The molecule has 4 heteroatoms. The van der Waals surface area contributed by atoms with Gasteiger partial charge in [0.05, 0.1) is 11.9 Å². The summed E-state index contributed by atoms with van der Waals surface area (Å²) >= 11 is 0. The van der Waals surface area contributed by atoms with Crippen molar-refractivity contribution in [2.75, 3.05) is 0 Å². The number of nitrogens with one attached hydrogen (secondary N) is 1. The second-order valence-electron chi connectivity index (χ2n) is 3.37. The van der Waals surface area contributed by atoms with Crippen molar-refractivity contribution in [1.82, 2.24) is 9.97 Å². The van der Waals surface area contributed by atoms with Gasteiger partial charge in [-0.25, -0.2) is 9.98 Å². The molecule has 68 valence electrons. The Kier molecular flexibility index (Phi) is 1.76. The Hall–Kier alpha value is -1.45. The first kappa shape index (κ1) is 8.16.